The van der Waals surface area contributed by atoms with E-state index in [9.17, 15) is 0 Å². The Hall–Kier alpha value is -1.61. The lowest BCUT2D eigenvalue weighted by Crippen LogP contribution is -2.59. The quantitative estimate of drug-likeness (QED) is 0.869. The molecule has 1 aromatic carbocycles. The fourth-order valence-electron chi connectivity index (χ4n) is 3.12. The molecule has 3 heteroatoms. The van der Waals surface area contributed by atoms with Crippen molar-refractivity contribution < 1.29 is 0 Å². The van der Waals surface area contributed by atoms with Gasteiger partial charge in [0.15, 0.2) is 0 Å². The highest BCUT2D eigenvalue weighted by Gasteiger charge is 2.32. The van der Waals surface area contributed by atoms with Crippen molar-refractivity contribution in [3.63, 3.8) is 0 Å². The summed E-state index contributed by atoms with van der Waals surface area (Å²) in [5, 5.41) is 4.95. The summed E-state index contributed by atoms with van der Waals surface area (Å²) in [5.41, 5.74) is 2.65. The first-order valence-electron chi connectivity index (χ1n) is 7.80. The standard InChI is InChI=1S/C18H25N3/c1-13-11-20-17(18(2,3)4)12-21(13)16-9-5-8-15-14(16)7-6-10-19-15/h5-10,13,17,20H,11-12H2,1-4H3. The van der Waals surface area contributed by atoms with Gasteiger partial charge in [0.1, 0.15) is 0 Å². The van der Waals surface area contributed by atoms with Crippen LogP contribution < -0.4 is 10.2 Å². The topological polar surface area (TPSA) is 28.2 Å². The van der Waals surface area contributed by atoms with Crippen LogP contribution in [0.4, 0.5) is 5.69 Å². The van der Waals surface area contributed by atoms with Gasteiger partial charge in [-0.2, -0.15) is 0 Å². The van der Waals surface area contributed by atoms with Gasteiger partial charge in [0.05, 0.1) is 5.52 Å². The van der Waals surface area contributed by atoms with E-state index in [0.717, 1.165) is 18.6 Å². The van der Waals surface area contributed by atoms with Crippen LogP contribution in [-0.2, 0) is 0 Å². The van der Waals surface area contributed by atoms with Crippen molar-refractivity contribution in [2.45, 2.75) is 39.8 Å². The molecule has 1 aliphatic heterocycles. The fourth-order valence-corrected chi connectivity index (χ4v) is 3.12. The normalized spacial score (nSPS) is 23.5. The van der Waals surface area contributed by atoms with Crippen LogP contribution in [0.1, 0.15) is 27.7 Å². The van der Waals surface area contributed by atoms with Gasteiger partial charge in [0.2, 0.25) is 0 Å². The first-order chi connectivity index (χ1) is 9.97. The Morgan fingerprint density at radius 1 is 1.19 bits per heavy atom. The van der Waals surface area contributed by atoms with Crippen molar-refractivity contribution in [2.75, 3.05) is 18.0 Å². The third kappa shape index (κ3) is 2.75. The summed E-state index contributed by atoms with van der Waals surface area (Å²) < 4.78 is 0. The molecular weight excluding hydrogens is 258 g/mol. The lowest BCUT2D eigenvalue weighted by atomic mass is 9.84. The molecular formula is C18H25N3. The molecule has 0 radical (unpaired) electrons. The van der Waals surface area contributed by atoms with Crippen molar-refractivity contribution >= 4 is 16.6 Å². The minimum atomic E-state index is 0.265. The second-order valence-corrected chi connectivity index (χ2v) is 7.18. The molecule has 1 aliphatic rings. The zero-order valence-corrected chi connectivity index (χ0v) is 13.4. The zero-order chi connectivity index (χ0) is 15.0. The summed E-state index contributed by atoms with van der Waals surface area (Å²) in [6.45, 7) is 11.3. The lowest BCUT2D eigenvalue weighted by Gasteiger charge is -2.45. The van der Waals surface area contributed by atoms with Gasteiger partial charge < -0.3 is 10.2 Å². The Kier molecular flexibility index (Phi) is 3.62. The predicted octanol–water partition coefficient (Wildman–Crippen LogP) is 3.45. The number of benzene rings is 1. The fraction of sp³-hybridized carbons (Fsp3) is 0.500. The summed E-state index contributed by atoms with van der Waals surface area (Å²) in [6, 6.07) is 11.6. The first kappa shape index (κ1) is 14.3. The van der Waals surface area contributed by atoms with Crippen LogP contribution in [0.5, 0.6) is 0 Å². The number of nitrogens with zero attached hydrogens (tertiary/aromatic N) is 2. The maximum Gasteiger partial charge on any atom is 0.0722 e. The van der Waals surface area contributed by atoms with Gasteiger partial charge in [0.25, 0.3) is 0 Å². The van der Waals surface area contributed by atoms with Crippen LogP contribution in [-0.4, -0.2) is 30.2 Å². The van der Waals surface area contributed by atoms with Gasteiger partial charge in [0, 0.05) is 42.4 Å². The second kappa shape index (κ2) is 5.30. The van der Waals surface area contributed by atoms with Gasteiger partial charge in [-0.15, -0.1) is 0 Å². The van der Waals surface area contributed by atoms with Crippen molar-refractivity contribution in [3.8, 4) is 0 Å². The van der Waals surface area contributed by atoms with E-state index in [0.29, 0.717) is 12.1 Å². The Balaban J connectivity index is 2.00. The van der Waals surface area contributed by atoms with Crippen molar-refractivity contribution in [2.24, 2.45) is 5.41 Å². The van der Waals surface area contributed by atoms with E-state index >= 15 is 0 Å². The highest BCUT2D eigenvalue weighted by atomic mass is 15.2. The molecule has 0 saturated carbocycles. The third-order valence-electron chi connectivity index (χ3n) is 4.55. The molecule has 3 rings (SSSR count). The van der Waals surface area contributed by atoms with Crippen LogP contribution in [0.25, 0.3) is 10.9 Å². The minimum absolute atomic E-state index is 0.265. The lowest BCUT2D eigenvalue weighted by molar-refractivity contribution is 0.239. The maximum atomic E-state index is 4.49. The van der Waals surface area contributed by atoms with Crippen LogP contribution >= 0.6 is 0 Å². The number of nitrogens with one attached hydrogen (secondary N) is 1. The molecule has 2 atom stereocenters. The summed E-state index contributed by atoms with van der Waals surface area (Å²) in [6.07, 6.45) is 1.87. The van der Waals surface area contributed by atoms with E-state index in [-0.39, 0.29) is 5.41 Å². The smallest absolute Gasteiger partial charge is 0.0722 e. The Morgan fingerprint density at radius 2 is 2.00 bits per heavy atom. The molecule has 1 fully saturated rings. The molecule has 2 heterocycles. The van der Waals surface area contributed by atoms with Crippen molar-refractivity contribution in [1.29, 1.82) is 0 Å². The van der Waals surface area contributed by atoms with E-state index in [1.165, 1.54) is 11.1 Å². The molecule has 0 spiro atoms. The molecule has 0 aliphatic carbocycles. The highest BCUT2D eigenvalue weighted by molar-refractivity contribution is 5.91. The molecule has 2 unspecified atom stereocenters. The number of pyridine rings is 1. The number of fused-ring (bicyclic) bond motifs is 1. The molecule has 2 aromatic rings. The minimum Gasteiger partial charge on any atom is -0.365 e. The Bertz CT molecular complexity index is 624. The molecule has 0 amide bonds. The van der Waals surface area contributed by atoms with Gasteiger partial charge in [-0.05, 0) is 36.6 Å². The third-order valence-corrected chi connectivity index (χ3v) is 4.55. The number of hydrogen-bond donors (Lipinski definition) is 1. The number of rotatable bonds is 1. The highest BCUT2D eigenvalue weighted by Crippen LogP contribution is 2.31. The summed E-state index contributed by atoms with van der Waals surface area (Å²) in [7, 11) is 0. The van der Waals surface area contributed by atoms with E-state index in [4.69, 9.17) is 0 Å². The van der Waals surface area contributed by atoms with Crippen LogP contribution in [0.15, 0.2) is 36.5 Å². The van der Waals surface area contributed by atoms with Crippen LogP contribution in [0, 0.1) is 5.41 Å². The van der Waals surface area contributed by atoms with E-state index < -0.39 is 0 Å². The Morgan fingerprint density at radius 3 is 2.76 bits per heavy atom. The first-order valence-corrected chi connectivity index (χ1v) is 7.80. The summed E-state index contributed by atoms with van der Waals surface area (Å²) >= 11 is 0. The number of hydrogen-bond acceptors (Lipinski definition) is 3. The van der Waals surface area contributed by atoms with Crippen LogP contribution in [0.3, 0.4) is 0 Å². The van der Waals surface area contributed by atoms with Crippen LogP contribution in [0.2, 0.25) is 0 Å². The molecule has 112 valence electrons. The monoisotopic (exact) mass is 283 g/mol. The molecule has 3 nitrogen and oxygen atoms in total. The van der Waals surface area contributed by atoms with Crippen molar-refractivity contribution in [3.05, 3.63) is 36.5 Å². The molecule has 21 heavy (non-hydrogen) atoms. The molecule has 1 aromatic heterocycles. The summed E-state index contributed by atoms with van der Waals surface area (Å²) in [5.74, 6) is 0. The number of anilines is 1. The van der Waals surface area contributed by atoms with Gasteiger partial charge >= 0.3 is 0 Å². The molecule has 1 saturated heterocycles. The molecule has 1 N–H and O–H groups in total. The van der Waals surface area contributed by atoms with E-state index in [2.05, 4.69) is 67.2 Å². The van der Waals surface area contributed by atoms with Gasteiger partial charge in [-0.25, -0.2) is 0 Å². The second-order valence-electron chi connectivity index (χ2n) is 7.18. The largest absolute Gasteiger partial charge is 0.365 e. The van der Waals surface area contributed by atoms with Crippen molar-refractivity contribution in [1.82, 2.24) is 10.3 Å². The number of aromatic nitrogens is 1. The maximum absolute atomic E-state index is 4.49. The number of piperazine rings is 1. The summed E-state index contributed by atoms with van der Waals surface area (Å²) in [4.78, 5) is 7.03. The average molecular weight is 283 g/mol. The van der Waals surface area contributed by atoms with E-state index in [1.54, 1.807) is 0 Å². The van der Waals surface area contributed by atoms with E-state index in [1.807, 2.05) is 12.3 Å². The zero-order valence-electron chi connectivity index (χ0n) is 13.4. The average Bonchev–Trinajstić information content (AvgIpc) is 2.46. The SMILES string of the molecule is CC1CNC(C(C)(C)C)CN1c1cccc2ncccc12. The predicted molar refractivity (Wildman–Crippen MR) is 89.8 cm³/mol. The van der Waals surface area contributed by atoms with Gasteiger partial charge in [-0.3, -0.25) is 4.98 Å². The Labute approximate surface area is 127 Å². The van der Waals surface area contributed by atoms with Gasteiger partial charge in [-0.1, -0.05) is 26.8 Å². The molecule has 0 bridgehead atoms.